The highest BCUT2D eigenvalue weighted by Crippen LogP contribution is 2.19. The Morgan fingerprint density at radius 3 is 2.58 bits per heavy atom. The molecule has 1 heterocycles. The van der Waals surface area contributed by atoms with Gasteiger partial charge in [-0.1, -0.05) is 20.3 Å². The van der Waals surface area contributed by atoms with E-state index in [2.05, 4.69) is 12.2 Å². The van der Waals surface area contributed by atoms with Crippen molar-refractivity contribution in [3.8, 4) is 0 Å². The summed E-state index contributed by atoms with van der Waals surface area (Å²) in [5.74, 6) is 0. The third-order valence-corrected chi connectivity index (χ3v) is 5.13. The minimum atomic E-state index is -3.36. The average Bonchev–Trinajstić information content (AvgIpc) is 2.73. The topological polar surface area (TPSA) is 54.3 Å². The van der Waals surface area contributed by atoms with Gasteiger partial charge in [-0.05, 0) is 19.5 Å². The number of aryl methyl sites for hydroxylation is 1. The SMILES string of the molecule is CCCCN(CC)S(=O)(=O)c1cc(CNC)n(C)c1. The number of hydrogen-bond donors (Lipinski definition) is 1. The van der Waals surface area contributed by atoms with Crippen LogP contribution in [-0.2, 0) is 23.6 Å². The number of hydrogen-bond acceptors (Lipinski definition) is 3. The molecule has 0 aliphatic carbocycles. The quantitative estimate of drug-likeness (QED) is 0.789. The minimum Gasteiger partial charge on any atom is -0.352 e. The van der Waals surface area contributed by atoms with E-state index in [4.69, 9.17) is 0 Å². The molecule has 0 spiro atoms. The first-order chi connectivity index (χ1) is 8.97. The van der Waals surface area contributed by atoms with Gasteiger partial charge in [0.1, 0.15) is 4.90 Å². The van der Waals surface area contributed by atoms with Gasteiger partial charge in [0, 0.05) is 38.6 Å². The first kappa shape index (κ1) is 16.2. The Balaban J connectivity index is 3.01. The third kappa shape index (κ3) is 3.81. The maximum atomic E-state index is 12.5. The van der Waals surface area contributed by atoms with Crippen LogP contribution >= 0.6 is 0 Å². The summed E-state index contributed by atoms with van der Waals surface area (Å²) in [4.78, 5) is 0.387. The highest BCUT2D eigenvalue weighted by atomic mass is 32.2. The van der Waals surface area contributed by atoms with E-state index in [0.29, 0.717) is 24.5 Å². The van der Waals surface area contributed by atoms with Gasteiger partial charge in [-0.25, -0.2) is 8.42 Å². The number of nitrogens with one attached hydrogen (secondary N) is 1. The zero-order valence-electron chi connectivity index (χ0n) is 12.3. The Labute approximate surface area is 116 Å². The first-order valence-corrected chi connectivity index (χ1v) is 8.21. The number of rotatable bonds is 8. The van der Waals surface area contributed by atoms with Gasteiger partial charge in [0.15, 0.2) is 0 Å². The molecule has 0 amide bonds. The van der Waals surface area contributed by atoms with Crippen LogP contribution in [0.25, 0.3) is 0 Å². The molecule has 6 heteroatoms. The molecule has 1 rings (SSSR count). The second-order valence-electron chi connectivity index (χ2n) is 4.66. The smallest absolute Gasteiger partial charge is 0.244 e. The van der Waals surface area contributed by atoms with Gasteiger partial charge in [-0.3, -0.25) is 0 Å². The van der Waals surface area contributed by atoms with Gasteiger partial charge in [0.2, 0.25) is 10.0 Å². The summed E-state index contributed by atoms with van der Waals surface area (Å²) in [5, 5.41) is 3.04. The number of sulfonamides is 1. The maximum absolute atomic E-state index is 12.5. The normalized spacial score (nSPS) is 12.3. The average molecular weight is 287 g/mol. The zero-order valence-corrected chi connectivity index (χ0v) is 13.1. The fourth-order valence-corrected chi connectivity index (χ4v) is 3.59. The molecule has 5 nitrogen and oxygen atoms in total. The molecule has 0 radical (unpaired) electrons. The molecule has 110 valence electrons. The van der Waals surface area contributed by atoms with Crippen molar-refractivity contribution in [1.82, 2.24) is 14.2 Å². The summed E-state index contributed by atoms with van der Waals surface area (Å²) in [7, 11) is 0.358. The van der Waals surface area contributed by atoms with E-state index in [0.717, 1.165) is 18.5 Å². The van der Waals surface area contributed by atoms with E-state index in [1.54, 1.807) is 16.6 Å². The molecule has 0 saturated heterocycles. The summed E-state index contributed by atoms with van der Waals surface area (Å²) in [5.41, 5.74) is 0.965. The van der Waals surface area contributed by atoms with Gasteiger partial charge in [0.25, 0.3) is 0 Å². The van der Waals surface area contributed by atoms with Crippen LogP contribution in [0.2, 0.25) is 0 Å². The van der Waals surface area contributed by atoms with E-state index < -0.39 is 10.0 Å². The van der Waals surface area contributed by atoms with Crippen LogP contribution in [-0.4, -0.2) is 37.4 Å². The predicted molar refractivity (Wildman–Crippen MR) is 77.5 cm³/mol. The van der Waals surface area contributed by atoms with E-state index in [-0.39, 0.29) is 0 Å². The van der Waals surface area contributed by atoms with E-state index in [9.17, 15) is 8.42 Å². The maximum Gasteiger partial charge on any atom is 0.244 e. The van der Waals surface area contributed by atoms with Crippen LogP contribution in [0.3, 0.4) is 0 Å². The Bertz CT molecular complexity index is 494. The van der Waals surface area contributed by atoms with Gasteiger partial charge in [0.05, 0.1) is 0 Å². The van der Waals surface area contributed by atoms with Crippen molar-refractivity contribution in [2.45, 2.75) is 38.1 Å². The predicted octanol–water partition coefficient (Wildman–Crippen LogP) is 1.56. The van der Waals surface area contributed by atoms with E-state index >= 15 is 0 Å². The standard InChI is InChI=1S/C13H25N3O2S/c1-5-7-8-16(6-2)19(17,18)13-9-12(10-14-3)15(4)11-13/h9,11,14H,5-8,10H2,1-4H3. The first-order valence-electron chi connectivity index (χ1n) is 6.77. The molecule has 0 bridgehead atoms. The van der Waals surface area contributed by atoms with Gasteiger partial charge < -0.3 is 9.88 Å². The molecular weight excluding hydrogens is 262 g/mol. The molecule has 0 aliphatic heterocycles. The van der Waals surface area contributed by atoms with Gasteiger partial charge in [-0.2, -0.15) is 4.31 Å². The molecule has 1 N–H and O–H groups in total. The molecule has 1 aromatic rings. The van der Waals surface area contributed by atoms with E-state index in [1.807, 2.05) is 25.6 Å². The second kappa shape index (κ2) is 7.07. The molecule has 0 aromatic carbocycles. The molecule has 0 unspecified atom stereocenters. The summed E-state index contributed by atoms with van der Waals surface area (Å²) in [6.07, 6.45) is 3.58. The summed E-state index contributed by atoms with van der Waals surface area (Å²) < 4.78 is 28.5. The second-order valence-corrected chi connectivity index (χ2v) is 6.60. The van der Waals surface area contributed by atoms with Crippen LogP contribution in [0.5, 0.6) is 0 Å². The number of nitrogens with zero attached hydrogens (tertiary/aromatic N) is 2. The van der Waals surface area contributed by atoms with Crippen molar-refractivity contribution in [3.63, 3.8) is 0 Å². The van der Waals surface area contributed by atoms with Crippen LogP contribution < -0.4 is 5.32 Å². The Hall–Kier alpha value is -0.850. The third-order valence-electron chi connectivity index (χ3n) is 3.19. The summed E-state index contributed by atoms with van der Waals surface area (Å²) >= 11 is 0. The molecule has 0 atom stereocenters. The van der Waals surface area contributed by atoms with Crippen molar-refractivity contribution >= 4 is 10.0 Å². The van der Waals surface area contributed by atoms with Crippen LogP contribution in [0.15, 0.2) is 17.2 Å². The van der Waals surface area contributed by atoms with Crippen LogP contribution in [0.4, 0.5) is 0 Å². The lowest BCUT2D eigenvalue weighted by Gasteiger charge is -2.19. The van der Waals surface area contributed by atoms with Crippen molar-refractivity contribution in [2.75, 3.05) is 20.1 Å². The largest absolute Gasteiger partial charge is 0.352 e. The Morgan fingerprint density at radius 1 is 1.37 bits per heavy atom. The fourth-order valence-electron chi connectivity index (χ4n) is 2.01. The van der Waals surface area contributed by atoms with Crippen molar-refractivity contribution in [2.24, 2.45) is 7.05 Å². The van der Waals surface area contributed by atoms with Crippen LogP contribution in [0.1, 0.15) is 32.4 Å². The monoisotopic (exact) mass is 287 g/mol. The lowest BCUT2D eigenvalue weighted by Crippen LogP contribution is -2.31. The highest BCUT2D eigenvalue weighted by molar-refractivity contribution is 7.89. The Morgan fingerprint density at radius 2 is 2.05 bits per heavy atom. The van der Waals surface area contributed by atoms with Crippen LogP contribution in [0, 0.1) is 0 Å². The molecule has 0 saturated carbocycles. The van der Waals surface area contributed by atoms with Gasteiger partial charge in [-0.15, -0.1) is 0 Å². The van der Waals surface area contributed by atoms with E-state index in [1.165, 1.54) is 0 Å². The van der Waals surface area contributed by atoms with Crippen molar-refractivity contribution in [1.29, 1.82) is 0 Å². The van der Waals surface area contributed by atoms with Gasteiger partial charge >= 0.3 is 0 Å². The molecule has 1 aromatic heterocycles. The molecule has 0 fully saturated rings. The Kier molecular flexibility index (Phi) is 6.03. The highest BCUT2D eigenvalue weighted by Gasteiger charge is 2.24. The molecule has 19 heavy (non-hydrogen) atoms. The zero-order chi connectivity index (χ0) is 14.5. The lowest BCUT2D eigenvalue weighted by atomic mass is 10.3. The lowest BCUT2D eigenvalue weighted by molar-refractivity contribution is 0.419. The molecular formula is C13H25N3O2S. The number of aromatic nitrogens is 1. The summed E-state index contributed by atoms with van der Waals surface area (Å²) in [6.45, 7) is 5.70. The summed E-state index contributed by atoms with van der Waals surface area (Å²) in [6, 6.07) is 1.75. The molecule has 0 aliphatic rings. The van der Waals surface area contributed by atoms with Crippen molar-refractivity contribution < 1.29 is 8.42 Å². The van der Waals surface area contributed by atoms with Crippen molar-refractivity contribution in [3.05, 3.63) is 18.0 Å². The minimum absolute atomic E-state index is 0.387. The fraction of sp³-hybridized carbons (Fsp3) is 0.692. The number of unbranched alkanes of at least 4 members (excludes halogenated alkanes) is 1.